The van der Waals surface area contributed by atoms with Gasteiger partial charge in [0.25, 0.3) is 0 Å². The van der Waals surface area contributed by atoms with E-state index < -0.39 is 6.09 Å². The van der Waals surface area contributed by atoms with E-state index in [9.17, 15) is 9.59 Å². The third kappa shape index (κ3) is 4.55. The first-order valence-corrected chi connectivity index (χ1v) is 5.36. The molecule has 0 aromatic heterocycles. The normalized spacial score (nSPS) is 9.53. The van der Waals surface area contributed by atoms with Crippen LogP contribution in [0.1, 0.15) is 12.5 Å². The van der Waals surface area contributed by atoms with E-state index in [1.54, 1.807) is 24.3 Å². The number of amides is 2. The van der Waals surface area contributed by atoms with Crippen molar-refractivity contribution < 1.29 is 14.3 Å². The molecule has 0 spiro atoms. The highest BCUT2D eigenvalue weighted by Gasteiger charge is 2.03. The molecule has 0 saturated heterocycles. The van der Waals surface area contributed by atoms with Crippen molar-refractivity contribution >= 4 is 17.7 Å². The Morgan fingerprint density at radius 2 is 1.88 bits per heavy atom. The van der Waals surface area contributed by atoms with Gasteiger partial charge in [-0.3, -0.25) is 10.1 Å². The molecule has 0 aliphatic rings. The first kappa shape index (κ1) is 13.0. The summed E-state index contributed by atoms with van der Waals surface area (Å²) in [5, 5.41) is 5.26. The molecule has 1 rings (SSSR count). The van der Waals surface area contributed by atoms with Gasteiger partial charge in [0.2, 0.25) is 5.91 Å². The van der Waals surface area contributed by atoms with Gasteiger partial charge in [-0.05, 0) is 24.6 Å². The number of hydrogen-bond acceptors (Lipinski definition) is 3. The van der Waals surface area contributed by atoms with Crippen molar-refractivity contribution in [2.45, 2.75) is 13.3 Å². The third-order valence-corrected chi connectivity index (χ3v) is 2.12. The number of likely N-dealkylation sites (N-methyl/N-ethyl adjacent to an activating group) is 1. The topological polar surface area (TPSA) is 67.4 Å². The molecule has 0 radical (unpaired) electrons. The molecule has 2 amide bonds. The second-order valence-electron chi connectivity index (χ2n) is 3.44. The van der Waals surface area contributed by atoms with Crippen LogP contribution in [0, 0.1) is 0 Å². The molecule has 0 atom stereocenters. The van der Waals surface area contributed by atoms with Crippen LogP contribution in [0.5, 0.6) is 0 Å². The number of anilines is 1. The molecule has 0 heterocycles. The first-order chi connectivity index (χ1) is 8.15. The number of ether oxygens (including phenoxy) is 1. The minimum Gasteiger partial charge on any atom is -0.453 e. The van der Waals surface area contributed by atoms with Gasteiger partial charge >= 0.3 is 6.09 Å². The lowest BCUT2D eigenvalue weighted by molar-refractivity contribution is -0.120. The minimum absolute atomic E-state index is 0.0128. The molecular weight excluding hydrogens is 220 g/mol. The van der Waals surface area contributed by atoms with E-state index in [1.165, 1.54) is 7.11 Å². The predicted molar refractivity (Wildman–Crippen MR) is 64.9 cm³/mol. The van der Waals surface area contributed by atoms with E-state index in [4.69, 9.17) is 0 Å². The Balaban J connectivity index is 2.55. The van der Waals surface area contributed by atoms with E-state index in [0.29, 0.717) is 18.7 Å². The zero-order valence-electron chi connectivity index (χ0n) is 9.95. The highest BCUT2D eigenvalue weighted by atomic mass is 16.5. The van der Waals surface area contributed by atoms with Crippen LogP contribution in [-0.4, -0.2) is 25.7 Å². The lowest BCUT2D eigenvalue weighted by Crippen LogP contribution is -2.24. The Hall–Kier alpha value is -2.04. The summed E-state index contributed by atoms with van der Waals surface area (Å²) < 4.78 is 4.47. The molecule has 1 aromatic rings. The van der Waals surface area contributed by atoms with Crippen molar-refractivity contribution in [2.24, 2.45) is 0 Å². The summed E-state index contributed by atoms with van der Waals surface area (Å²) in [4.78, 5) is 22.3. The van der Waals surface area contributed by atoms with Crippen LogP contribution in [0.3, 0.4) is 0 Å². The smallest absolute Gasteiger partial charge is 0.411 e. The molecule has 5 nitrogen and oxygen atoms in total. The van der Waals surface area contributed by atoms with Gasteiger partial charge in [-0.25, -0.2) is 4.79 Å². The van der Waals surface area contributed by atoms with Gasteiger partial charge in [0, 0.05) is 12.2 Å². The summed E-state index contributed by atoms with van der Waals surface area (Å²) in [6.07, 6.45) is -0.173. The Morgan fingerprint density at radius 1 is 1.24 bits per heavy atom. The van der Waals surface area contributed by atoms with Crippen LogP contribution < -0.4 is 10.6 Å². The standard InChI is InChI=1S/C12H16N2O3/c1-3-13-11(15)8-9-4-6-10(7-5-9)14-12(16)17-2/h4-7H,3,8H2,1-2H3,(H,13,15)(H,14,16). The van der Waals surface area contributed by atoms with Crippen molar-refractivity contribution in [1.82, 2.24) is 5.32 Å². The lowest BCUT2D eigenvalue weighted by atomic mass is 10.1. The molecular formula is C12H16N2O3. The summed E-state index contributed by atoms with van der Waals surface area (Å²) in [7, 11) is 1.30. The largest absolute Gasteiger partial charge is 0.453 e. The van der Waals surface area contributed by atoms with E-state index in [-0.39, 0.29) is 5.91 Å². The minimum atomic E-state index is -0.513. The molecule has 92 valence electrons. The second kappa shape index (κ2) is 6.52. The van der Waals surface area contributed by atoms with Gasteiger partial charge < -0.3 is 10.1 Å². The van der Waals surface area contributed by atoms with Crippen molar-refractivity contribution in [3.8, 4) is 0 Å². The number of hydrogen-bond donors (Lipinski definition) is 2. The summed E-state index contributed by atoms with van der Waals surface area (Å²) in [5.74, 6) is -0.0128. The molecule has 5 heteroatoms. The molecule has 0 fully saturated rings. The number of carbonyl (C=O) groups excluding carboxylic acids is 2. The zero-order valence-corrected chi connectivity index (χ0v) is 9.95. The third-order valence-electron chi connectivity index (χ3n) is 2.12. The van der Waals surface area contributed by atoms with Gasteiger partial charge in [-0.1, -0.05) is 12.1 Å². The van der Waals surface area contributed by atoms with Gasteiger partial charge in [0.1, 0.15) is 0 Å². The summed E-state index contributed by atoms with van der Waals surface area (Å²) in [6, 6.07) is 7.04. The van der Waals surface area contributed by atoms with Crippen molar-refractivity contribution in [1.29, 1.82) is 0 Å². The monoisotopic (exact) mass is 236 g/mol. The Labute approximate surface area is 100 Å². The van der Waals surface area contributed by atoms with E-state index in [2.05, 4.69) is 15.4 Å². The molecule has 0 saturated carbocycles. The van der Waals surface area contributed by atoms with Gasteiger partial charge in [-0.2, -0.15) is 0 Å². The van der Waals surface area contributed by atoms with Crippen molar-refractivity contribution in [2.75, 3.05) is 19.0 Å². The van der Waals surface area contributed by atoms with E-state index >= 15 is 0 Å². The molecule has 2 N–H and O–H groups in total. The Bertz CT molecular complexity index is 387. The highest BCUT2D eigenvalue weighted by Crippen LogP contribution is 2.10. The van der Waals surface area contributed by atoms with Crippen LogP contribution in [0.2, 0.25) is 0 Å². The quantitative estimate of drug-likeness (QED) is 0.833. The van der Waals surface area contributed by atoms with Crippen LogP contribution in [-0.2, 0) is 16.0 Å². The molecule has 0 bridgehead atoms. The van der Waals surface area contributed by atoms with Gasteiger partial charge in [-0.15, -0.1) is 0 Å². The predicted octanol–water partition coefficient (Wildman–Crippen LogP) is 1.54. The Kier molecular flexibility index (Phi) is 5.00. The molecule has 1 aromatic carbocycles. The van der Waals surface area contributed by atoms with E-state index in [1.807, 2.05) is 6.92 Å². The number of carbonyl (C=O) groups is 2. The molecule has 0 aliphatic carbocycles. The average molecular weight is 236 g/mol. The molecule has 0 unspecified atom stereocenters. The maximum Gasteiger partial charge on any atom is 0.411 e. The number of rotatable bonds is 4. The number of methoxy groups -OCH3 is 1. The van der Waals surface area contributed by atoms with Crippen LogP contribution in [0.4, 0.5) is 10.5 Å². The fourth-order valence-electron chi connectivity index (χ4n) is 1.32. The van der Waals surface area contributed by atoms with Crippen LogP contribution in [0.15, 0.2) is 24.3 Å². The van der Waals surface area contributed by atoms with Crippen molar-refractivity contribution in [3.63, 3.8) is 0 Å². The van der Waals surface area contributed by atoms with Crippen molar-refractivity contribution in [3.05, 3.63) is 29.8 Å². The maximum atomic E-state index is 11.3. The average Bonchev–Trinajstić information content (AvgIpc) is 2.32. The zero-order chi connectivity index (χ0) is 12.7. The summed E-state index contributed by atoms with van der Waals surface area (Å²) in [5.41, 5.74) is 1.53. The second-order valence-corrected chi connectivity index (χ2v) is 3.44. The fourth-order valence-corrected chi connectivity index (χ4v) is 1.32. The number of nitrogens with one attached hydrogen (secondary N) is 2. The first-order valence-electron chi connectivity index (χ1n) is 5.36. The lowest BCUT2D eigenvalue weighted by Gasteiger charge is -2.05. The highest BCUT2D eigenvalue weighted by molar-refractivity contribution is 5.84. The summed E-state index contributed by atoms with van der Waals surface area (Å²) in [6.45, 7) is 2.50. The Morgan fingerprint density at radius 3 is 2.41 bits per heavy atom. The van der Waals surface area contributed by atoms with Gasteiger partial charge in [0.15, 0.2) is 0 Å². The van der Waals surface area contributed by atoms with Crippen LogP contribution >= 0.6 is 0 Å². The molecule has 0 aliphatic heterocycles. The molecule has 17 heavy (non-hydrogen) atoms. The van der Waals surface area contributed by atoms with Gasteiger partial charge in [0.05, 0.1) is 13.5 Å². The maximum absolute atomic E-state index is 11.3. The van der Waals surface area contributed by atoms with E-state index in [0.717, 1.165) is 5.56 Å². The summed E-state index contributed by atoms with van der Waals surface area (Å²) >= 11 is 0. The number of benzene rings is 1. The fraction of sp³-hybridized carbons (Fsp3) is 0.333. The van der Waals surface area contributed by atoms with Crippen LogP contribution in [0.25, 0.3) is 0 Å². The SMILES string of the molecule is CCNC(=O)Cc1ccc(NC(=O)OC)cc1.